The number of benzene rings is 2. The largest absolute Gasteiger partial charge is 0.399 e. The highest BCUT2D eigenvalue weighted by Crippen LogP contribution is 2.31. The van der Waals surface area contributed by atoms with Crippen molar-refractivity contribution in [2.24, 2.45) is 0 Å². The first kappa shape index (κ1) is 17.0. The maximum atomic E-state index is 12.7. The minimum absolute atomic E-state index is 0.322. The SMILES string of the molecule is CCc1ccc(C2CCN(S(=O)(=O)c3ccc(N)cc3)CC2)cc1. The quantitative estimate of drug-likeness (QED) is 0.865. The molecule has 0 bridgehead atoms. The Bertz CT molecular complexity index is 775. The Labute approximate surface area is 144 Å². The highest BCUT2D eigenvalue weighted by Gasteiger charge is 2.29. The van der Waals surface area contributed by atoms with E-state index in [1.807, 2.05) is 0 Å². The molecule has 0 saturated carbocycles. The Hall–Kier alpha value is -1.85. The van der Waals surface area contributed by atoms with Gasteiger partial charge in [0, 0.05) is 18.8 Å². The van der Waals surface area contributed by atoms with Crippen LogP contribution in [0.5, 0.6) is 0 Å². The van der Waals surface area contributed by atoms with Crippen molar-refractivity contribution in [3.8, 4) is 0 Å². The highest BCUT2D eigenvalue weighted by molar-refractivity contribution is 7.89. The summed E-state index contributed by atoms with van der Waals surface area (Å²) in [5.41, 5.74) is 8.87. The summed E-state index contributed by atoms with van der Waals surface area (Å²) in [6.07, 6.45) is 2.76. The summed E-state index contributed by atoms with van der Waals surface area (Å²) >= 11 is 0. The monoisotopic (exact) mass is 344 g/mol. The second-order valence-electron chi connectivity index (χ2n) is 6.34. The lowest BCUT2D eigenvalue weighted by Crippen LogP contribution is -2.37. The molecule has 4 nitrogen and oxygen atoms in total. The van der Waals surface area contributed by atoms with Crippen LogP contribution in [0.15, 0.2) is 53.4 Å². The van der Waals surface area contributed by atoms with Crippen LogP contribution in [-0.4, -0.2) is 25.8 Å². The van der Waals surface area contributed by atoms with E-state index < -0.39 is 10.0 Å². The molecule has 2 aromatic rings. The molecule has 0 aromatic heterocycles. The standard InChI is InChI=1S/C19H24N2O2S/c1-2-15-3-5-16(6-4-15)17-11-13-21(14-12-17)24(22,23)19-9-7-18(20)8-10-19/h3-10,17H,2,11-14,20H2,1H3. The molecule has 3 rings (SSSR count). The number of nitrogens with two attached hydrogens (primary N) is 1. The summed E-state index contributed by atoms with van der Waals surface area (Å²) in [4.78, 5) is 0.322. The second kappa shape index (κ2) is 6.95. The van der Waals surface area contributed by atoms with Gasteiger partial charge < -0.3 is 5.73 Å². The third-order valence-corrected chi connectivity index (χ3v) is 6.74. The van der Waals surface area contributed by atoms with E-state index in [9.17, 15) is 8.42 Å². The molecular weight excluding hydrogens is 320 g/mol. The third-order valence-electron chi connectivity index (χ3n) is 4.83. The average Bonchev–Trinajstić information content (AvgIpc) is 2.62. The third kappa shape index (κ3) is 3.47. The zero-order chi connectivity index (χ0) is 17.2. The Balaban J connectivity index is 1.68. The second-order valence-corrected chi connectivity index (χ2v) is 8.28. The molecule has 1 saturated heterocycles. The van der Waals surface area contributed by atoms with E-state index >= 15 is 0 Å². The van der Waals surface area contributed by atoms with Crippen molar-refractivity contribution in [3.05, 3.63) is 59.7 Å². The molecule has 24 heavy (non-hydrogen) atoms. The molecule has 1 fully saturated rings. The summed E-state index contributed by atoms with van der Waals surface area (Å²) in [5, 5.41) is 0. The minimum Gasteiger partial charge on any atom is -0.399 e. The van der Waals surface area contributed by atoms with Crippen molar-refractivity contribution >= 4 is 15.7 Å². The van der Waals surface area contributed by atoms with Crippen LogP contribution >= 0.6 is 0 Å². The first-order valence-corrected chi connectivity index (χ1v) is 9.89. The number of nitrogen functional groups attached to an aromatic ring is 1. The molecule has 0 aliphatic carbocycles. The Morgan fingerprint density at radius 2 is 1.58 bits per heavy atom. The molecule has 1 heterocycles. The van der Waals surface area contributed by atoms with Gasteiger partial charge in [0.15, 0.2) is 0 Å². The van der Waals surface area contributed by atoms with Gasteiger partial charge in [0.05, 0.1) is 4.90 Å². The van der Waals surface area contributed by atoms with Gasteiger partial charge in [-0.2, -0.15) is 4.31 Å². The van der Waals surface area contributed by atoms with Crippen LogP contribution < -0.4 is 5.73 Å². The Morgan fingerprint density at radius 1 is 1.00 bits per heavy atom. The number of aryl methyl sites for hydroxylation is 1. The van der Waals surface area contributed by atoms with Gasteiger partial charge >= 0.3 is 0 Å². The number of rotatable bonds is 4. The van der Waals surface area contributed by atoms with Gasteiger partial charge in [-0.3, -0.25) is 0 Å². The number of piperidine rings is 1. The van der Waals surface area contributed by atoms with Crippen molar-refractivity contribution < 1.29 is 8.42 Å². The van der Waals surface area contributed by atoms with Crippen molar-refractivity contribution in [1.82, 2.24) is 4.31 Å². The van der Waals surface area contributed by atoms with Crippen molar-refractivity contribution in [2.45, 2.75) is 37.0 Å². The fourth-order valence-electron chi connectivity index (χ4n) is 3.24. The van der Waals surface area contributed by atoms with E-state index in [0.29, 0.717) is 29.6 Å². The van der Waals surface area contributed by atoms with E-state index in [0.717, 1.165) is 19.3 Å². The summed E-state index contributed by atoms with van der Waals surface area (Å²) in [5.74, 6) is 0.439. The van der Waals surface area contributed by atoms with Gasteiger partial charge in [0.1, 0.15) is 0 Å². The van der Waals surface area contributed by atoms with Crippen molar-refractivity contribution in [1.29, 1.82) is 0 Å². The van der Waals surface area contributed by atoms with Gasteiger partial charge in [-0.25, -0.2) is 8.42 Å². The number of hydrogen-bond acceptors (Lipinski definition) is 3. The predicted octanol–water partition coefficient (Wildman–Crippen LogP) is 3.40. The van der Waals surface area contributed by atoms with Crippen LogP contribution in [-0.2, 0) is 16.4 Å². The Morgan fingerprint density at radius 3 is 2.12 bits per heavy atom. The maximum absolute atomic E-state index is 12.7. The van der Waals surface area contributed by atoms with Gasteiger partial charge in [-0.05, 0) is 60.6 Å². The summed E-state index contributed by atoms with van der Waals surface area (Å²) in [7, 11) is -3.42. The topological polar surface area (TPSA) is 63.4 Å². The number of sulfonamides is 1. The van der Waals surface area contributed by atoms with Gasteiger partial charge in [-0.15, -0.1) is 0 Å². The van der Waals surface area contributed by atoms with E-state index in [1.54, 1.807) is 28.6 Å². The van der Waals surface area contributed by atoms with E-state index in [1.165, 1.54) is 11.1 Å². The molecule has 1 aliphatic rings. The van der Waals surface area contributed by atoms with E-state index in [4.69, 9.17) is 5.73 Å². The maximum Gasteiger partial charge on any atom is 0.243 e. The zero-order valence-electron chi connectivity index (χ0n) is 14.0. The molecule has 0 atom stereocenters. The molecule has 0 amide bonds. The average molecular weight is 344 g/mol. The van der Waals surface area contributed by atoms with Crippen molar-refractivity contribution in [2.75, 3.05) is 18.8 Å². The summed E-state index contributed by atoms with van der Waals surface area (Å²) in [6, 6.07) is 15.2. The van der Waals surface area contributed by atoms with Crippen LogP contribution in [0.3, 0.4) is 0 Å². The Kier molecular flexibility index (Phi) is 4.92. The first-order valence-electron chi connectivity index (χ1n) is 8.45. The molecule has 2 N–H and O–H groups in total. The smallest absolute Gasteiger partial charge is 0.243 e. The lowest BCUT2D eigenvalue weighted by Gasteiger charge is -2.31. The van der Waals surface area contributed by atoms with Crippen molar-refractivity contribution in [3.63, 3.8) is 0 Å². The van der Waals surface area contributed by atoms with E-state index in [-0.39, 0.29) is 0 Å². The molecule has 1 aliphatic heterocycles. The predicted molar refractivity (Wildman–Crippen MR) is 97.4 cm³/mol. The molecule has 2 aromatic carbocycles. The van der Waals surface area contributed by atoms with Crippen LogP contribution in [0, 0.1) is 0 Å². The molecule has 0 radical (unpaired) electrons. The fourth-order valence-corrected chi connectivity index (χ4v) is 4.71. The van der Waals surface area contributed by atoms with Gasteiger partial charge in [-0.1, -0.05) is 31.2 Å². The van der Waals surface area contributed by atoms with E-state index in [2.05, 4.69) is 31.2 Å². The number of anilines is 1. The van der Waals surface area contributed by atoms with Crippen LogP contribution in [0.2, 0.25) is 0 Å². The first-order chi connectivity index (χ1) is 11.5. The highest BCUT2D eigenvalue weighted by atomic mass is 32.2. The van der Waals surface area contributed by atoms with Crippen LogP contribution in [0.4, 0.5) is 5.69 Å². The lowest BCUT2D eigenvalue weighted by atomic mass is 9.89. The molecule has 128 valence electrons. The lowest BCUT2D eigenvalue weighted by molar-refractivity contribution is 0.319. The summed E-state index contributed by atoms with van der Waals surface area (Å²) < 4.78 is 27.0. The molecule has 0 unspecified atom stereocenters. The van der Waals surface area contributed by atoms with Crippen LogP contribution in [0.25, 0.3) is 0 Å². The van der Waals surface area contributed by atoms with Gasteiger partial charge in [0.25, 0.3) is 0 Å². The molecular formula is C19H24N2O2S. The number of nitrogens with zero attached hydrogens (tertiary/aromatic N) is 1. The zero-order valence-corrected chi connectivity index (χ0v) is 14.8. The normalized spacial score (nSPS) is 17.0. The summed E-state index contributed by atoms with van der Waals surface area (Å²) in [6.45, 7) is 3.27. The molecule has 5 heteroatoms. The minimum atomic E-state index is -3.42. The number of hydrogen-bond donors (Lipinski definition) is 1. The van der Waals surface area contributed by atoms with Gasteiger partial charge in [0.2, 0.25) is 10.0 Å². The fraction of sp³-hybridized carbons (Fsp3) is 0.368. The molecule has 0 spiro atoms. The van der Waals surface area contributed by atoms with Crippen LogP contribution in [0.1, 0.15) is 36.8 Å².